The van der Waals surface area contributed by atoms with E-state index in [2.05, 4.69) is 24.1 Å². The van der Waals surface area contributed by atoms with Gasteiger partial charge in [0.25, 0.3) is 0 Å². The molecule has 0 aliphatic heterocycles. The van der Waals surface area contributed by atoms with Gasteiger partial charge in [-0.2, -0.15) is 0 Å². The summed E-state index contributed by atoms with van der Waals surface area (Å²) in [6.07, 6.45) is 5.21. The van der Waals surface area contributed by atoms with Gasteiger partial charge in [0.1, 0.15) is 5.82 Å². The number of nitrogens with one attached hydrogen (secondary N) is 1. The highest BCUT2D eigenvalue weighted by Crippen LogP contribution is 2.02. The van der Waals surface area contributed by atoms with Crippen LogP contribution in [0.5, 0.6) is 0 Å². The van der Waals surface area contributed by atoms with Crippen LogP contribution in [-0.4, -0.2) is 11.0 Å². The zero-order valence-corrected chi connectivity index (χ0v) is 8.76. The van der Waals surface area contributed by atoms with Crippen LogP contribution in [0, 0.1) is 5.82 Å². The van der Waals surface area contributed by atoms with Gasteiger partial charge in [-0.05, 0) is 25.0 Å². The van der Waals surface area contributed by atoms with Gasteiger partial charge in [-0.3, -0.25) is 4.98 Å². The van der Waals surface area contributed by atoms with Crippen molar-refractivity contribution >= 4 is 0 Å². The monoisotopic (exact) mass is 196 g/mol. The molecule has 1 aromatic heterocycles. The molecule has 0 aromatic carbocycles. The van der Waals surface area contributed by atoms with Crippen LogP contribution >= 0.6 is 0 Å². The summed E-state index contributed by atoms with van der Waals surface area (Å²) in [7, 11) is 0. The van der Waals surface area contributed by atoms with E-state index in [4.69, 9.17) is 0 Å². The van der Waals surface area contributed by atoms with Crippen molar-refractivity contribution in [1.82, 2.24) is 10.3 Å². The predicted octanol–water partition coefficient (Wildman–Crippen LogP) is 2.50. The molecule has 1 rings (SSSR count). The van der Waals surface area contributed by atoms with E-state index < -0.39 is 0 Å². The first kappa shape index (κ1) is 11.1. The zero-order valence-electron chi connectivity index (χ0n) is 8.76. The van der Waals surface area contributed by atoms with Crippen molar-refractivity contribution in [1.29, 1.82) is 0 Å². The van der Waals surface area contributed by atoms with E-state index in [0.717, 1.165) is 18.4 Å². The normalized spacial score (nSPS) is 12.8. The summed E-state index contributed by atoms with van der Waals surface area (Å²) in [6, 6.07) is 1.99. The number of rotatable bonds is 5. The second-order valence-corrected chi connectivity index (χ2v) is 3.58. The molecule has 0 amide bonds. The molecule has 1 atom stereocenters. The van der Waals surface area contributed by atoms with Crippen molar-refractivity contribution < 1.29 is 4.39 Å². The summed E-state index contributed by atoms with van der Waals surface area (Å²) < 4.78 is 12.7. The van der Waals surface area contributed by atoms with E-state index in [1.54, 1.807) is 6.20 Å². The minimum Gasteiger partial charge on any atom is -0.310 e. The molecule has 0 radical (unpaired) electrons. The maximum absolute atomic E-state index is 12.7. The molecule has 0 saturated heterocycles. The Bertz CT molecular complexity index is 276. The summed E-state index contributed by atoms with van der Waals surface area (Å²) in [5.41, 5.74) is 0.896. The third-order valence-electron chi connectivity index (χ3n) is 2.14. The summed E-state index contributed by atoms with van der Waals surface area (Å²) >= 11 is 0. The topological polar surface area (TPSA) is 24.9 Å². The van der Waals surface area contributed by atoms with Crippen LogP contribution in [0.3, 0.4) is 0 Å². The van der Waals surface area contributed by atoms with Crippen molar-refractivity contribution in [2.75, 3.05) is 0 Å². The van der Waals surface area contributed by atoms with Crippen molar-refractivity contribution in [3.63, 3.8) is 0 Å². The Labute approximate surface area is 84.6 Å². The van der Waals surface area contributed by atoms with Gasteiger partial charge in [-0.15, -0.1) is 0 Å². The lowest BCUT2D eigenvalue weighted by molar-refractivity contribution is 0.506. The van der Waals surface area contributed by atoms with E-state index >= 15 is 0 Å². The minimum atomic E-state index is -0.271. The number of halogens is 1. The predicted molar refractivity (Wildman–Crippen MR) is 55.4 cm³/mol. The molecule has 0 aliphatic rings. The standard InChI is InChI=1S/C11H17FN2/c1-3-4-9(2)14-7-10-5-11(12)8-13-6-10/h5-6,8-9,14H,3-4,7H2,1-2H3. The van der Waals surface area contributed by atoms with Gasteiger partial charge in [0.05, 0.1) is 6.20 Å². The molecule has 3 heteroatoms. The molecular weight excluding hydrogens is 179 g/mol. The smallest absolute Gasteiger partial charge is 0.141 e. The van der Waals surface area contributed by atoms with E-state index in [1.807, 2.05) is 0 Å². The second kappa shape index (κ2) is 5.70. The zero-order chi connectivity index (χ0) is 10.4. The minimum absolute atomic E-state index is 0.271. The molecule has 0 fully saturated rings. The molecule has 0 spiro atoms. The van der Waals surface area contributed by atoms with Gasteiger partial charge >= 0.3 is 0 Å². The average molecular weight is 196 g/mol. The molecule has 14 heavy (non-hydrogen) atoms. The Morgan fingerprint density at radius 1 is 1.50 bits per heavy atom. The molecular formula is C11H17FN2. The number of hydrogen-bond acceptors (Lipinski definition) is 2. The van der Waals surface area contributed by atoms with Gasteiger partial charge in [-0.1, -0.05) is 13.3 Å². The molecule has 1 heterocycles. The Hall–Kier alpha value is -0.960. The van der Waals surface area contributed by atoms with Gasteiger partial charge in [-0.25, -0.2) is 4.39 Å². The maximum atomic E-state index is 12.7. The number of aromatic nitrogens is 1. The van der Waals surface area contributed by atoms with Crippen LogP contribution < -0.4 is 5.32 Å². The molecule has 1 unspecified atom stereocenters. The van der Waals surface area contributed by atoms with Crippen LogP contribution in [-0.2, 0) is 6.54 Å². The van der Waals surface area contributed by atoms with Crippen LogP contribution in [0.2, 0.25) is 0 Å². The molecule has 0 saturated carbocycles. The highest BCUT2D eigenvalue weighted by Gasteiger charge is 2.00. The highest BCUT2D eigenvalue weighted by atomic mass is 19.1. The third-order valence-corrected chi connectivity index (χ3v) is 2.14. The maximum Gasteiger partial charge on any atom is 0.141 e. The molecule has 1 aromatic rings. The SMILES string of the molecule is CCCC(C)NCc1cncc(F)c1. The molecule has 0 bridgehead atoms. The van der Waals surface area contributed by atoms with Crippen molar-refractivity contribution in [2.24, 2.45) is 0 Å². The first-order valence-corrected chi connectivity index (χ1v) is 5.05. The van der Waals surface area contributed by atoms with E-state index in [-0.39, 0.29) is 5.82 Å². The Balaban J connectivity index is 2.37. The van der Waals surface area contributed by atoms with Crippen LogP contribution in [0.1, 0.15) is 32.3 Å². The second-order valence-electron chi connectivity index (χ2n) is 3.58. The number of pyridine rings is 1. The quantitative estimate of drug-likeness (QED) is 0.782. The largest absolute Gasteiger partial charge is 0.310 e. The van der Waals surface area contributed by atoms with Gasteiger partial charge in [0.15, 0.2) is 0 Å². The fourth-order valence-electron chi connectivity index (χ4n) is 1.38. The summed E-state index contributed by atoms with van der Waals surface area (Å²) in [4.78, 5) is 3.79. The number of nitrogens with zero attached hydrogens (tertiary/aromatic N) is 1. The van der Waals surface area contributed by atoms with Gasteiger partial charge < -0.3 is 5.32 Å². The lowest BCUT2D eigenvalue weighted by atomic mass is 10.2. The fourth-order valence-corrected chi connectivity index (χ4v) is 1.38. The summed E-state index contributed by atoms with van der Waals surface area (Å²) in [5.74, 6) is -0.271. The van der Waals surface area contributed by atoms with Crippen LogP contribution in [0.15, 0.2) is 18.5 Å². The van der Waals surface area contributed by atoms with Crippen molar-refractivity contribution in [3.05, 3.63) is 29.8 Å². The van der Waals surface area contributed by atoms with E-state index in [0.29, 0.717) is 12.6 Å². The first-order valence-electron chi connectivity index (χ1n) is 5.05. The fraction of sp³-hybridized carbons (Fsp3) is 0.545. The average Bonchev–Trinajstić information content (AvgIpc) is 2.15. The van der Waals surface area contributed by atoms with E-state index in [9.17, 15) is 4.39 Å². The molecule has 1 N–H and O–H groups in total. The third kappa shape index (κ3) is 3.83. The number of hydrogen-bond donors (Lipinski definition) is 1. The van der Waals surface area contributed by atoms with E-state index in [1.165, 1.54) is 12.3 Å². The molecule has 78 valence electrons. The Morgan fingerprint density at radius 3 is 2.93 bits per heavy atom. The lowest BCUT2D eigenvalue weighted by Crippen LogP contribution is -2.25. The first-order chi connectivity index (χ1) is 6.72. The van der Waals surface area contributed by atoms with Crippen molar-refractivity contribution in [3.8, 4) is 0 Å². The molecule has 2 nitrogen and oxygen atoms in total. The Morgan fingerprint density at radius 2 is 2.29 bits per heavy atom. The summed E-state index contributed by atoms with van der Waals surface area (Å²) in [5, 5.41) is 3.32. The van der Waals surface area contributed by atoms with Gasteiger partial charge in [0, 0.05) is 18.8 Å². The highest BCUT2D eigenvalue weighted by molar-refractivity contribution is 5.09. The van der Waals surface area contributed by atoms with Crippen LogP contribution in [0.4, 0.5) is 4.39 Å². The molecule has 0 aliphatic carbocycles. The van der Waals surface area contributed by atoms with Crippen LogP contribution in [0.25, 0.3) is 0 Å². The summed E-state index contributed by atoms with van der Waals surface area (Å²) in [6.45, 7) is 4.98. The van der Waals surface area contributed by atoms with Crippen molar-refractivity contribution in [2.45, 2.75) is 39.3 Å². The lowest BCUT2D eigenvalue weighted by Gasteiger charge is -2.12. The van der Waals surface area contributed by atoms with Gasteiger partial charge in [0.2, 0.25) is 0 Å². The Kier molecular flexibility index (Phi) is 4.53.